The van der Waals surface area contributed by atoms with Gasteiger partial charge in [0.25, 0.3) is 0 Å². The van der Waals surface area contributed by atoms with Crippen LogP contribution in [0.15, 0.2) is 0 Å². The third-order valence-corrected chi connectivity index (χ3v) is 16.6. The van der Waals surface area contributed by atoms with Gasteiger partial charge in [-0.15, -0.1) is 0 Å². The van der Waals surface area contributed by atoms with Crippen LogP contribution in [0.25, 0.3) is 0 Å². The first kappa shape index (κ1) is 72.3. The maximum atomic E-state index is 11.4. The number of hydrogen-bond acceptors (Lipinski definition) is 39. The first-order valence-corrected chi connectivity index (χ1v) is 28.4. The van der Waals surface area contributed by atoms with Crippen molar-refractivity contribution >= 4 is 0 Å². The summed E-state index contributed by atoms with van der Waals surface area (Å²) in [6.45, 7) is -7.25. The lowest BCUT2D eigenvalue weighted by atomic mass is 9.95. The zero-order chi connectivity index (χ0) is 64.3. The molecule has 0 radical (unpaired) electrons. The molecule has 8 heterocycles. The highest BCUT2D eigenvalue weighted by molar-refractivity contribution is 5.01. The molecule has 514 valence electrons. The summed E-state index contributed by atoms with van der Waals surface area (Å²) >= 11 is 0. The van der Waals surface area contributed by atoms with Gasteiger partial charge in [0, 0.05) is 20.0 Å². The van der Waals surface area contributed by atoms with Crippen LogP contribution < -0.4 is 0 Å². The fraction of sp³-hybridized carbons (Fsp3) is 1.00. The summed E-state index contributed by atoms with van der Waals surface area (Å²) in [4.78, 5) is 0. The topological polar surface area (TPSA) is 613 Å². The highest BCUT2D eigenvalue weighted by Gasteiger charge is 2.58. The van der Waals surface area contributed by atoms with E-state index < -0.39 is 293 Å². The van der Waals surface area contributed by atoms with Gasteiger partial charge in [0.05, 0.1) is 71.2 Å². The van der Waals surface area contributed by atoms with Gasteiger partial charge in [-0.2, -0.15) is 0 Å². The normalized spacial score (nSPS) is 52.4. The van der Waals surface area contributed by atoms with Gasteiger partial charge in [0.1, 0.15) is 165 Å². The summed E-state index contributed by atoms with van der Waals surface area (Å²) in [5.41, 5.74) is 0. The Labute approximate surface area is 498 Å². The van der Waals surface area contributed by atoms with Crippen LogP contribution in [0.5, 0.6) is 0 Å². The number of hydrogen-bond donors (Lipinski definition) is 23. The van der Waals surface area contributed by atoms with Crippen molar-refractivity contribution in [2.45, 2.75) is 246 Å². The molecule has 0 unspecified atom stereocenters. The quantitative estimate of drug-likeness (QED) is 0.0452. The molecular formula is C49H84O39. The minimum absolute atomic E-state index is 0.127. The van der Waals surface area contributed by atoms with Gasteiger partial charge < -0.3 is 193 Å². The Kier molecular flexibility index (Phi) is 26.1. The monoisotopic (exact) mass is 1300 g/mol. The fourth-order valence-electron chi connectivity index (χ4n) is 11.7. The number of methoxy groups -OCH3 is 1. The van der Waals surface area contributed by atoms with Crippen molar-refractivity contribution in [3.8, 4) is 0 Å². The van der Waals surface area contributed by atoms with Crippen molar-refractivity contribution in [3.63, 3.8) is 0 Å². The minimum atomic E-state index is -2.23. The smallest absolute Gasteiger partial charge is 0.187 e. The second-order valence-electron chi connectivity index (χ2n) is 22.4. The lowest BCUT2D eigenvalue weighted by Crippen LogP contribution is -2.68. The molecule has 23 N–H and O–H groups in total. The number of aliphatic hydroxyl groups excluding tert-OH is 23. The van der Waals surface area contributed by atoms with Crippen LogP contribution in [0.4, 0.5) is 0 Å². The van der Waals surface area contributed by atoms with E-state index in [-0.39, 0.29) is 6.42 Å². The molecule has 8 rings (SSSR count). The molecule has 38 atom stereocenters. The molecule has 8 saturated heterocycles. The fourth-order valence-corrected chi connectivity index (χ4v) is 11.7. The standard InChI is InChI=1S/C49H84O39/c1-73-43-30(67)24(61)38(17(7-53)76-43)84-46-32(69)26(63)40(19(9-55)78-46)86-48-34(71)28(65)42(21(11-57)80-48)88-49-35(72)29(66)41(20(10-56)81-49)87-47-33(70)27(64)39(18(8-54)79-47)85-45-31(68)25(62)37(16(6-52)77-45)82-22-3-14(59)36(15(5-51)75-22)83-44-23(60)13(58)2-12(4-50)74-44/h12-72H,2-11H2,1H3/t12-,13-,14+,15+,16+,17+,18+,19+,20+,21+,22+,23+,24+,25+,26+,27+,28+,29+,30+,31+,32+,33+,34+,35+,36-,37+,38+,39+,40+,41+,42+,43-,44+,45+,46+,47+,48+,49+/m0/s1. The SMILES string of the molecule is CO[C@H]1O[C@H](CO)[C@@H](O[C@H]2O[C@H](CO)[C@@H](O[C@H]3O[C@H](CO)[C@@H](O[C@H]4O[C@H](CO)[C@@H](O[C@H]5O[C@H](CO)[C@@H](O[C@H]6O[C@H](CO)[C@@H](O[C@@H]7C[C@@H](O)[C@H](O[C@H]8O[C@H](CO)C[C@H](O)[C@H]8O)[C@@H](CO)O7)[C@H](O)[C@H]6O)[C@H](O)[C@H]5O)[C@H](O)[C@H]4O)[C@H](O)[C@H]3O)[C@H](O)[C@H]2O)[C@H](O)[C@H]1O. The number of ether oxygens (including phenoxy) is 16. The average molecular weight is 1300 g/mol. The third-order valence-electron chi connectivity index (χ3n) is 16.6. The van der Waals surface area contributed by atoms with Gasteiger partial charge in [0.15, 0.2) is 50.3 Å². The van der Waals surface area contributed by atoms with Gasteiger partial charge >= 0.3 is 0 Å². The van der Waals surface area contributed by atoms with E-state index >= 15 is 0 Å². The van der Waals surface area contributed by atoms with Crippen LogP contribution in [0.3, 0.4) is 0 Å². The molecule has 0 aliphatic carbocycles. The molecule has 39 nitrogen and oxygen atoms in total. The first-order chi connectivity index (χ1) is 41.9. The molecule has 0 bridgehead atoms. The second kappa shape index (κ2) is 31.8. The highest BCUT2D eigenvalue weighted by atomic mass is 16.8. The third kappa shape index (κ3) is 15.2. The van der Waals surface area contributed by atoms with Gasteiger partial charge in [-0.3, -0.25) is 0 Å². The summed E-state index contributed by atoms with van der Waals surface area (Å²) in [5, 5.41) is 247. The molecule has 8 aliphatic rings. The maximum absolute atomic E-state index is 11.4. The van der Waals surface area contributed by atoms with E-state index in [1.165, 1.54) is 0 Å². The lowest BCUT2D eigenvalue weighted by molar-refractivity contribution is -0.397. The van der Waals surface area contributed by atoms with E-state index in [0.29, 0.717) is 0 Å². The van der Waals surface area contributed by atoms with Gasteiger partial charge in [-0.1, -0.05) is 0 Å². The Hall–Kier alpha value is -1.56. The molecule has 88 heavy (non-hydrogen) atoms. The van der Waals surface area contributed by atoms with Crippen molar-refractivity contribution in [3.05, 3.63) is 0 Å². The summed E-state index contributed by atoms with van der Waals surface area (Å²) in [6, 6.07) is 0. The minimum Gasteiger partial charge on any atom is -0.394 e. The predicted octanol–water partition coefficient (Wildman–Crippen LogP) is -15.7. The summed E-state index contributed by atoms with van der Waals surface area (Å²) in [5.74, 6) is 0. The molecule has 0 aromatic rings. The Morgan fingerprint density at radius 2 is 0.500 bits per heavy atom. The Bertz CT molecular complexity index is 2070. The van der Waals surface area contributed by atoms with Gasteiger partial charge in [-0.25, -0.2) is 0 Å². The van der Waals surface area contributed by atoms with Crippen molar-refractivity contribution < 1.29 is 193 Å². The van der Waals surface area contributed by atoms with Crippen LogP contribution >= 0.6 is 0 Å². The molecule has 0 aromatic carbocycles. The Morgan fingerprint density at radius 1 is 0.250 bits per heavy atom. The van der Waals surface area contributed by atoms with Crippen LogP contribution in [-0.4, -0.2) is 411 Å². The molecule has 0 aromatic heterocycles. The highest BCUT2D eigenvalue weighted by Crippen LogP contribution is 2.38. The zero-order valence-electron chi connectivity index (χ0n) is 46.8. The van der Waals surface area contributed by atoms with E-state index in [4.69, 9.17) is 75.8 Å². The summed E-state index contributed by atoms with van der Waals surface area (Å²) in [6.07, 6.45) is -69.0. The van der Waals surface area contributed by atoms with E-state index in [0.717, 1.165) is 7.11 Å². The molecule has 39 heteroatoms. The largest absolute Gasteiger partial charge is 0.394 e. The maximum Gasteiger partial charge on any atom is 0.187 e. The first-order valence-electron chi connectivity index (χ1n) is 28.4. The number of aliphatic hydroxyl groups is 23. The molecule has 8 fully saturated rings. The van der Waals surface area contributed by atoms with E-state index in [1.54, 1.807) is 0 Å². The second-order valence-corrected chi connectivity index (χ2v) is 22.4. The van der Waals surface area contributed by atoms with Gasteiger partial charge in [-0.05, 0) is 0 Å². The summed E-state index contributed by atoms with van der Waals surface area (Å²) < 4.78 is 89.9. The van der Waals surface area contributed by atoms with Crippen molar-refractivity contribution in [1.29, 1.82) is 0 Å². The van der Waals surface area contributed by atoms with Crippen molar-refractivity contribution in [2.75, 3.05) is 60.0 Å². The van der Waals surface area contributed by atoms with Crippen LogP contribution in [-0.2, 0) is 75.8 Å². The van der Waals surface area contributed by atoms with E-state index in [1.807, 2.05) is 0 Å². The average Bonchev–Trinajstić information content (AvgIpc) is 1.96. The Morgan fingerprint density at radius 3 is 0.784 bits per heavy atom. The number of rotatable bonds is 23. The molecule has 0 amide bonds. The van der Waals surface area contributed by atoms with Crippen LogP contribution in [0, 0.1) is 0 Å². The molecule has 8 aliphatic heterocycles. The van der Waals surface area contributed by atoms with Crippen LogP contribution in [0.1, 0.15) is 12.8 Å². The molecule has 0 spiro atoms. The van der Waals surface area contributed by atoms with Crippen molar-refractivity contribution in [1.82, 2.24) is 0 Å². The Balaban J connectivity index is 0.843. The van der Waals surface area contributed by atoms with Crippen LogP contribution in [0.2, 0.25) is 0 Å². The molecule has 0 saturated carbocycles. The lowest BCUT2D eigenvalue weighted by Gasteiger charge is -2.50. The van der Waals surface area contributed by atoms with Crippen molar-refractivity contribution in [2.24, 2.45) is 0 Å². The molecular weight excluding hydrogens is 1210 g/mol. The van der Waals surface area contributed by atoms with E-state index in [9.17, 15) is 117 Å². The predicted molar refractivity (Wildman–Crippen MR) is 266 cm³/mol. The van der Waals surface area contributed by atoms with Gasteiger partial charge in [0.2, 0.25) is 0 Å². The van der Waals surface area contributed by atoms with E-state index in [2.05, 4.69) is 0 Å². The zero-order valence-corrected chi connectivity index (χ0v) is 46.8. The summed E-state index contributed by atoms with van der Waals surface area (Å²) in [7, 11) is 1.16.